The first-order chi connectivity index (χ1) is 9.18. The molecule has 0 spiro atoms. The van der Waals surface area contributed by atoms with E-state index in [1.807, 2.05) is 18.2 Å². The highest BCUT2D eigenvalue weighted by molar-refractivity contribution is 9.10. The molecule has 0 unspecified atom stereocenters. The van der Waals surface area contributed by atoms with E-state index < -0.39 is 0 Å². The Bertz CT molecular complexity index is 447. The van der Waals surface area contributed by atoms with Crippen molar-refractivity contribution in [2.45, 2.75) is 31.8 Å². The van der Waals surface area contributed by atoms with Gasteiger partial charge in [0.15, 0.2) is 0 Å². The summed E-state index contributed by atoms with van der Waals surface area (Å²) in [7, 11) is 0. The van der Waals surface area contributed by atoms with Crippen LogP contribution in [-0.2, 0) is 4.74 Å². The molecule has 1 aliphatic carbocycles. The van der Waals surface area contributed by atoms with E-state index in [9.17, 15) is 0 Å². The number of hydrogen-bond donors (Lipinski definition) is 2. The van der Waals surface area contributed by atoms with E-state index in [0.29, 0.717) is 17.7 Å². The van der Waals surface area contributed by atoms with E-state index in [2.05, 4.69) is 21.2 Å². The minimum absolute atomic E-state index is 0.395. The maximum Gasteiger partial charge on any atom is 0.107 e. The Kier molecular flexibility index (Phi) is 5.60. The number of ether oxygens (including phenoxy) is 1. The highest BCUT2D eigenvalue weighted by atomic mass is 79.9. The Labute approximate surface area is 128 Å². The summed E-state index contributed by atoms with van der Waals surface area (Å²) in [5.74, 6) is 0. The number of anilines is 1. The molecule has 0 aliphatic heterocycles. The quantitative estimate of drug-likeness (QED) is 0.614. The minimum atomic E-state index is 0.395. The van der Waals surface area contributed by atoms with Gasteiger partial charge < -0.3 is 15.8 Å². The fourth-order valence-electron chi connectivity index (χ4n) is 2.39. The predicted molar refractivity (Wildman–Crippen MR) is 86.7 cm³/mol. The highest BCUT2D eigenvalue weighted by Gasteiger charge is 2.15. The van der Waals surface area contributed by atoms with E-state index in [0.717, 1.165) is 22.3 Å². The van der Waals surface area contributed by atoms with E-state index in [1.54, 1.807) is 0 Å². The molecule has 3 N–H and O–H groups in total. The van der Waals surface area contributed by atoms with Crippen LogP contribution in [-0.4, -0.2) is 24.2 Å². The first kappa shape index (κ1) is 14.8. The standard InChI is InChI=1S/C14H19BrN2OS/c15-11-6-3-7-12(13(11)14(16)19)17-8-9-18-10-4-1-2-5-10/h3,6-7,10,17H,1-2,4-5,8-9H2,(H2,16,19). The molecule has 5 heteroatoms. The Morgan fingerprint density at radius 1 is 1.42 bits per heavy atom. The number of hydrogen-bond acceptors (Lipinski definition) is 3. The zero-order valence-corrected chi connectivity index (χ0v) is 13.2. The Morgan fingerprint density at radius 3 is 2.84 bits per heavy atom. The number of halogens is 1. The molecule has 0 atom stereocenters. The second-order valence-corrected chi connectivity index (χ2v) is 6.02. The topological polar surface area (TPSA) is 47.3 Å². The summed E-state index contributed by atoms with van der Waals surface area (Å²) >= 11 is 8.55. The average molecular weight is 343 g/mol. The van der Waals surface area contributed by atoms with Gasteiger partial charge in [-0.1, -0.05) is 31.1 Å². The van der Waals surface area contributed by atoms with E-state index in [-0.39, 0.29) is 0 Å². The van der Waals surface area contributed by atoms with E-state index >= 15 is 0 Å². The van der Waals surface area contributed by atoms with Crippen molar-refractivity contribution >= 4 is 38.8 Å². The molecule has 0 heterocycles. The van der Waals surface area contributed by atoms with Crippen molar-refractivity contribution in [2.75, 3.05) is 18.5 Å². The third-order valence-corrected chi connectivity index (χ3v) is 4.20. The molecular weight excluding hydrogens is 324 g/mol. The van der Waals surface area contributed by atoms with Crippen LogP contribution in [0.1, 0.15) is 31.2 Å². The van der Waals surface area contributed by atoms with Crippen LogP contribution >= 0.6 is 28.1 Å². The molecule has 0 amide bonds. The lowest BCUT2D eigenvalue weighted by molar-refractivity contribution is 0.0659. The number of rotatable bonds is 6. The van der Waals surface area contributed by atoms with Gasteiger partial charge in [-0.3, -0.25) is 0 Å². The predicted octanol–water partition coefficient (Wildman–Crippen LogP) is 3.45. The summed E-state index contributed by atoms with van der Waals surface area (Å²) in [5.41, 5.74) is 7.56. The summed E-state index contributed by atoms with van der Waals surface area (Å²) < 4.78 is 6.74. The van der Waals surface area contributed by atoms with Gasteiger partial charge in [0.1, 0.15) is 4.99 Å². The zero-order valence-electron chi connectivity index (χ0n) is 10.8. The van der Waals surface area contributed by atoms with Crippen molar-refractivity contribution in [1.29, 1.82) is 0 Å². The minimum Gasteiger partial charge on any atom is -0.389 e. The first-order valence-electron chi connectivity index (χ1n) is 6.62. The molecule has 0 saturated heterocycles. The maximum absolute atomic E-state index is 5.82. The summed E-state index contributed by atoms with van der Waals surface area (Å²) in [4.78, 5) is 0.395. The molecule has 1 aromatic carbocycles. The smallest absolute Gasteiger partial charge is 0.107 e. The molecule has 1 aromatic rings. The molecule has 0 radical (unpaired) electrons. The van der Waals surface area contributed by atoms with Crippen LogP contribution in [0.3, 0.4) is 0 Å². The van der Waals surface area contributed by atoms with Crippen LogP contribution < -0.4 is 11.1 Å². The Morgan fingerprint density at radius 2 is 2.16 bits per heavy atom. The van der Waals surface area contributed by atoms with Crippen LogP contribution in [0.4, 0.5) is 5.69 Å². The summed E-state index contributed by atoms with van der Waals surface area (Å²) in [6.45, 7) is 1.48. The largest absolute Gasteiger partial charge is 0.389 e. The van der Waals surface area contributed by atoms with Gasteiger partial charge in [-0.2, -0.15) is 0 Å². The van der Waals surface area contributed by atoms with Gasteiger partial charge in [0, 0.05) is 22.3 Å². The number of thiocarbonyl (C=S) groups is 1. The molecule has 19 heavy (non-hydrogen) atoms. The third kappa shape index (κ3) is 4.16. The van der Waals surface area contributed by atoms with E-state index in [4.69, 9.17) is 22.7 Å². The molecule has 104 valence electrons. The lowest BCUT2D eigenvalue weighted by atomic mass is 10.2. The van der Waals surface area contributed by atoms with Gasteiger partial charge in [-0.15, -0.1) is 0 Å². The van der Waals surface area contributed by atoms with Crippen molar-refractivity contribution in [2.24, 2.45) is 5.73 Å². The molecule has 1 fully saturated rings. The van der Waals surface area contributed by atoms with E-state index in [1.165, 1.54) is 25.7 Å². The number of benzene rings is 1. The lowest BCUT2D eigenvalue weighted by Crippen LogP contribution is -2.18. The lowest BCUT2D eigenvalue weighted by Gasteiger charge is -2.15. The van der Waals surface area contributed by atoms with Gasteiger partial charge in [0.05, 0.1) is 12.7 Å². The fraction of sp³-hybridized carbons (Fsp3) is 0.500. The van der Waals surface area contributed by atoms with Gasteiger partial charge in [-0.25, -0.2) is 0 Å². The van der Waals surface area contributed by atoms with Crippen molar-refractivity contribution in [3.63, 3.8) is 0 Å². The second kappa shape index (κ2) is 7.22. The van der Waals surface area contributed by atoms with Crippen molar-refractivity contribution in [3.05, 3.63) is 28.2 Å². The normalized spacial score (nSPS) is 15.6. The summed E-state index contributed by atoms with van der Waals surface area (Å²) in [6.07, 6.45) is 5.47. The van der Waals surface area contributed by atoms with Crippen molar-refractivity contribution in [3.8, 4) is 0 Å². The molecule has 0 bridgehead atoms. The van der Waals surface area contributed by atoms with Gasteiger partial charge in [0.25, 0.3) is 0 Å². The summed E-state index contributed by atoms with van der Waals surface area (Å²) in [5, 5.41) is 3.34. The number of nitrogens with two attached hydrogens (primary N) is 1. The van der Waals surface area contributed by atoms with Gasteiger partial charge in [-0.05, 0) is 40.9 Å². The second-order valence-electron chi connectivity index (χ2n) is 4.73. The van der Waals surface area contributed by atoms with Crippen LogP contribution in [0.25, 0.3) is 0 Å². The molecular formula is C14H19BrN2OS. The van der Waals surface area contributed by atoms with Gasteiger partial charge >= 0.3 is 0 Å². The Balaban J connectivity index is 1.85. The highest BCUT2D eigenvalue weighted by Crippen LogP contribution is 2.25. The molecule has 0 aromatic heterocycles. The molecule has 1 aliphatic rings. The SMILES string of the molecule is NC(=S)c1c(Br)cccc1NCCOC1CCCC1. The van der Waals surface area contributed by atoms with Crippen LogP contribution in [0.5, 0.6) is 0 Å². The van der Waals surface area contributed by atoms with Crippen molar-refractivity contribution in [1.82, 2.24) is 0 Å². The Hall–Kier alpha value is -0.650. The first-order valence-corrected chi connectivity index (χ1v) is 7.82. The molecule has 1 saturated carbocycles. The van der Waals surface area contributed by atoms with Crippen LogP contribution in [0.15, 0.2) is 22.7 Å². The van der Waals surface area contributed by atoms with Crippen LogP contribution in [0, 0.1) is 0 Å². The fourth-order valence-corrected chi connectivity index (χ4v) is 3.32. The maximum atomic E-state index is 5.82. The molecule has 2 rings (SSSR count). The molecule has 3 nitrogen and oxygen atoms in total. The average Bonchev–Trinajstić information content (AvgIpc) is 2.87. The summed E-state index contributed by atoms with van der Waals surface area (Å²) in [6, 6.07) is 5.88. The van der Waals surface area contributed by atoms with Gasteiger partial charge in [0.2, 0.25) is 0 Å². The zero-order chi connectivity index (χ0) is 13.7. The third-order valence-electron chi connectivity index (χ3n) is 3.33. The monoisotopic (exact) mass is 342 g/mol. The van der Waals surface area contributed by atoms with Crippen LogP contribution in [0.2, 0.25) is 0 Å². The van der Waals surface area contributed by atoms with Crippen molar-refractivity contribution < 1.29 is 4.74 Å². The number of nitrogens with one attached hydrogen (secondary N) is 1.